The van der Waals surface area contributed by atoms with Gasteiger partial charge in [-0.05, 0) is 122 Å². The molecule has 74 heavy (non-hydrogen) atoms. The van der Waals surface area contributed by atoms with Crippen LogP contribution in [0.3, 0.4) is 0 Å². The van der Waals surface area contributed by atoms with Gasteiger partial charge in [-0.3, -0.25) is 14.4 Å². The number of rotatable bonds is 57. The van der Waals surface area contributed by atoms with Gasteiger partial charge >= 0.3 is 17.9 Å². The van der Waals surface area contributed by atoms with E-state index in [9.17, 15) is 14.4 Å². The molecule has 0 spiro atoms. The number of hydrogen-bond acceptors (Lipinski definition) is 6. The van der Waals surface area contributed by atoms with Crippen LogP contribution in [0.5, 0.6) is 0 Å². The molecule has 0 rings (SSSR count). The first-order valence-electron chi connectivity index (χ1n) is 31.6. The standard InChI is InChI=1S/C68H118O6/c1-4-7-10-13-16-19-22-25-28-31-32-33-34-35-36-38-40-43-46-49-52-55-58-61-67(70)73-64-65(63-72-66(69)60-57-54-51-48-45-42-39-30-27-24-21-18-15-12-9-6-3)74-68(71)62-59-56-53-50-47-44-41-37-29-26-23-20-17-14-11-8-5-2/h17,20-22,24-26,29-32,34-35,39,65H,4-16,18-19,23,27-28,33,36-38,40-64H2,1-3H3/b20-17-,24-21-,25-22-,29-26-,32-31-,35-34-,39-30-. The van der Waals surface area contributed by atoms with Crippen molar-refractivity contribution in [3.05, 3.63) is 85.1 Å². The molecule has 0 aromatic rings. The Morgan fingerprint density at radius 3 is 0.797 bits per heavy atom. The van der Waals surface area contributed by atoms with Crippen molar-refractivity contribution in [2.75, 3.05) is 13.2 Å². The van der Waals surface area contributed by atoms with E-state index in [0.29, 0.717) is 19.3 Å². The minimum absolute atomic E-state index is 0.0879. The molecule has 0 amide bonds. The van der Waals surface area contributed by atoms with Crippen molar-refractivity contribution in [2.45, 2.75) is 316 Å². The third-order valence-corrected chi connectivity index (χ3v) is 13.6. The van der Waals surface area contributed by atoms with Crippen LogP contribution in [0.4, 0.5) is 0 Å². The van der Waals surface area contributed by atoms with Crippen molar-refractivity contribution >= 4 is 17.9 Å². The maximum atomic E-state index is 12.9. The van der Waals surface area contributed by atoms with Crippen molar-refractivity contribution in [3.63, 3.8) is 0 Å². The molecule has 0 saturated carbocycles. The molecule has 0 fully saturated rings. The number of carbonyl (C=O) groups excluding carboxylic acids is 3. The summed E-state index contributed by atoms with van der Waals surface area (Å²) in [4.78, 5) is 38.3. The minimum Gasteiger partial charge on any atom is -0.462 e. The molecule has 1 unspecified atom stereocenters. The summed E-state index contributed by atoms with van der Waals surface area (Å²) in [6, 6.07) is 0. The van der Waals surface area contributed by atoms with Crippen molar-refractivity contribution in [2.24, 2.45) is 0 Å². The van der Waals surface area contributed by atoms with Gasteiger partial charge in [0.1, 0.15) is 13.2 Å². The molecule has 426 valence electrons. The quantitative estimate of drug-likeness (QED) is 0.0261. The molecule has 0 aromatic carbocycles. The number of hydrogen-bond donors (Lipinski definition) is 0. The highest BCUT2D eigenvalue weighted by molar-refractivity contribution is 5.71. The van der Waals surface area contributed by atoms with E-state index >= 15 is 0 Å². The normalized spacial score (nSPS) is 12.6. The molecule has 6 nitrogen and oxygen atoms in total. The summed E-state index contributed by atoms with van der Waals surface area (Å²) >= 11 is 0. The summed E-state index contributed by atoms with van der Waals surface area (Å²) < 4.78 is 16.9. The van der Waals surface area contributed by atoms with Crippen LogP contribution in [-0.2, 0) is 28.6 Å². The zero-order chi connectivity index (χ0) is 53.6. The molecular formula is C68H118O6. The van der Waals surface area contributed by atoms with Gasteiger partial charge in [0.2, 0.25) is 0 Å². The minimum atomic E-state index is -0.792. The van der Waals surface area contributed by atoms with Crippen LogP contribution in [0.2, 0.25) is 0 Å². The Hall–Kier alpha value is -3.41. The molecule has 0 heterocycles. The van der Waals surface area contributed by atoms with Crippen molar-refractivity contribution < 1.29 is 28.6 Å². The van der Waals surface area contributed by atoms with Gasteiger partial charge in [-0.15, -0.1) is 0 Å². The van der Waals surface area contributed by atoms with Crippen molar-refractivity contribution in [3.8, 4) is 0 Å². The Bertz CT molecular complexity index is 1420. The second-order valence-corrected chi connectivity index (χ2v) is 21.0. The lowest BCUT2D eigenvalue weighted by Gasteiger charge is -2.18. The van der Waals surface area contributed by atoms with Crippen LogP contribution in [0.1, 0.15) is 310 Å². The van der Waals surface area contributed by atoms with E-state index in [1.54, 1.807) is 0 Å². The maximum Gasteiger partial charge on any atom is 0.306 e. The predicted octanol–water partition coefficient (Wildman–Crippen LogP) is 21.5. The number of esters is 3. The highest BCUT2D eigenvalue weighted by Crippen LogP contribution is 2.15. The molecular weight excluding hydrogens is 913 g/mol. The SMILES string of the molecule is CCCCC/C=C\C/C=C\CCCCCCCCCC(=O)OC(COC(=O)CCCCCCC/C=C\C/C=C\CCCCCC)COC(=O)CCCCCCCCCC/C=C\C/C=C\C/C=C\CCCCCCC. The van der Waals surface area contributed by atoms with Crippen LogP contribution in [-0.4, -0.2) is 37.2 Å². The topological polar surface area (TPSA) is 78.9 Å². The van der Waals surface area contributed by atoms with E-state index in [-0.39, 0.29) is 31.1 Å². The average molecular weight is 1030 g/mol. The van der Waals surface area contributed by atoms with Gasteiger partial charge in [0.15, 0.2) is 6.10 Å². The highest BCUT2D eigenvalue weighted by Gasteiger charge is 2.19. The first-order chi connectivity index (χ1) is 36.5. The first-order valence-corrected chi connectivity index (χ1v) is 31.6. The highest BCUT2D eigenvalue weighted by atomic mass is 16.6. The van der Waals surface area contributed by atoms with Gasteiger partial charge < -0.3 is 14.2 Å². The van der Waals surface area contributed by atoms with Crippen LogP contribution in [0, 0.1) is 0 Å². The van der Waals surface area contributed by atoms with Crippen molar-refractivity contribution in [1.29, 1.82) is 0 Å². The molecule has 0 aromatic heterocycles. The van der Waals surface area contributed by atoms with Gasteiger partial charge in [-0.1, -0.05) is 254 Å². The molecule has 0 aliphatic carbocycles. The van der Waals surface area contributed by atoms with E-state index < -0.39 is 6.10 Å². The van der Waals surface area contributed by atoms with Gasteiger partial charge in [0, 0.05) is 19.3 Å². The average Bonchev–Trinajstić information content (AvgIpc) is 3.40. The monoisotopic (exact) mass is 1030 g/mol. The molecule has 1 atom stereocenters. The molecule has 6 heteroatoms. The lowest BCUT2D eigenvalue weighted by molar-refractivity contribution is -0.167. The summed E-state index contributed by atoms with van der Waals surface area (Å²) in [6.07, 6.45) is 81.4. The summed E-state index contributed by atoms with van der Waals surface area (Å²) in [6.45, 7) is 6.59. The van der Waals surface area contributed by atoms with Crippen LogP contribution >= 0.6 is 0 Å². The summed E-state index contributed by atoms with van der Waals surface area (Å²) in [5.41, 5.74) is 0. The second-order valence-electron chi connectivity index (χ2n) is 21.0. The molecule has 0 saturated heterocycles. The number of carbonyl (C=O) groups is 3. The third kappa shape index (κ3) is 59.5. The molecule has 0 aliphatic rings. The van der Waals surface area contributed by atoms with E-state index in [4.69, 9.17) is 14.2 Å². The predicted molar refractivity (Wildman–Crippen MR) is 321 cm³/mol. The molecule has 0 N–H and O–H groups in total. The third-order valence-electron chi connectivity index (χ3n) is 13.6. The Kier molecular flexibility index (Phi) is 59.3. The lowest BCUT2D eigenvalue weighted by Crippen LogP contribution is -2.30. The second kappa shape index (κ2) is 62.1. The fourth-order valence-electron chi connectivity index (χ4n) is 8.80. The fourth-order valence-corrected chi connectivity index (χ4v) is 8.80. The van der Waals surface area contributed by atoms with E-state index in [1.165, 1.54) is 161 Å². The largest absolute Gasteiger partial charge is 0.462 e. The Labute approximate surface area is 458 Å². The van der Waals surface area contributed by atoms with Crippen LogP contribution in [0.15, 0.2) is 85.1 Å². The Morgan fingerprint density at radius 1 is 0.270 bits per heavy atom. The van der Waals surface area contributed by atoms with Crippen LogP contribution in [0.25, 0.3) is 0 Å². The van der Waals surface area contributed by atoms with Crippen molar-refractivity contribution in [1.82, 2.24) is 0 Å². The smallest absolute Gasteiger partial charge is 0.306 e. The van der Waals surface area contributed by atoms with E-state index in [0.717, 1.165) is 109 Å². The van der Waals surface area contributed by atoms with Crippen LogP contribution < -0.4 is 0 Å². The van der Waals surface area contributed by atoms with Gasteiger partial charge in [0.05, 0.1) is 0 Å². The van der Waals surface area contributed by atoms with E-state index in [2.05, 4.69) is 106 Å². The summed E-state index contributed by atoms with van der Waals surface area (Å²) in [7, 11) is 0. The maximum absolute atomic E-state index is 12.9. The zero-order valence-corrected chi connectivity index (χ0v) is 48.8. The molecule has 0 aliphatic heterocycles. The summed E-state index contributed by atoms with van der Waals surface area (Å²) in [5, 5.41) is 0. The fraction of sp³-hybridized carbons (Fsp3) is 0.750. The number of unbranched alkanes of at least 4 members (excludes halogenated alkanes) is 32. The van der Waals surface area contributed by atoms with E-state index in [1.807, 2.05) is 0 Å². The summed E-state index contributed by atoms with van der Waals surface area (Å²) in [5.74, 6) is -0.906. The first kappa shape index (κ1) is 70.6. The van der Waals surface area contributed by atoms with Gasteiger partial charge in [0.25, 0.3) is 0 Å². The van der Waals surface area contributed by atoms with Gasteiger partial charge in [-0.25, -0.2) is 0 Å². The van der Waals surface area contributed by atoms with Gasteiger partial charge in [-0.2, -0.15) is 0 Å². The Balaban J connectivity index is 4.40. The molecule has 0 radical (unpaired) electrons. The zero-order valence-electron chi connectivity index (χ0n) is 48.8. The Morgan fingerprint density at radius 2 is 0.486 bits per heavy atom. The number of ether oxygens (including phenoxy) is 3. The lowest BCUT2D eigenvalue weighted by atomic mass is 10.1. The number of allylic oxidation sites excluding steroid dienone is 14. The molecule has 0 bridgehead atoms.